The first kappa shape index (κ1) is 12.9. The number of nitrogens with zero attached hydrogens (tertiary/aromatic N) is 1. The van der Waals surface area contributed by atoms with Gasteiger partial charge in [0.1, 0.15) is 11.5 Å². The monoisotopic (exact) mass is 270 g/mol. The molecule has 0 bridgehead atoms. The lowest BCUT2D eigenvalue weighted by Gasteiger charge is -2.15. The topological polar surface area (TPSA) is 55.1 Å². The smallest absolute Gasteiger partial charge is 0.230 e. The summed E-state index contributed by atoms with van der Waals surface area (Å²) in [5.41, 5.74) is 2.74. The van der Waals surface area contributed by atoms with Gasteiger partial charge in [-0.2, -0.15) is 0 Å². The zero-order chi connectivity index (χ0) is 14.2. The van der Waals surface area contributed by atoms with E-state index in [4.69, 9.17) is 4.52 Å². The van der Waals surface area contributed by atoms with Crippen LogP contribution < -0.4 is 5.32 Å². The third kappa shape index (κ3) is 2.33. The SMILES string of the molecule is Cc1cccc(C2(C(=O)NCc3cc(C)on3)CC2)c1. The van der Waals surface area contributed by atoms with Gasteiger partial charge in [-0.25, -0.2) is 0 Å². The molecule has 1 aliphatic rings. The van der Waals surface area contributed by atoms with Crippen LogP contribution in [0.15, 0.2) is 34.9 Å². The third-order valence-electron chi connectivity index (χ3n) is 3.86. The average molecular weight is 270 g/mol. The zero-order valence-electron chi connectivity index (χ0n) is 11.8. The van der Waals surface area contributed by atoms with Crippen LogP contribution in [-0.2, 0) is 16.8 Å². The molecular formula is C16H18N2O2. The molecule has 1 aliphatic carbocycles. The maximum absolute atomic E-state index is 12.4. The quantitative estimate of drug-likeness (QED) is 0.929. The molecule has 1 aromatic heterocycles. The molecule has 0 radical (unpaired) electrons. The molecular weight excluding hydrogens is 252 g/mol. The minimum Gasteiger partial charge on any atom is -0.361 e. The summed E-state index contributed by atoms with van der Waals surface area (Å²) < 4.78 is 5.00. The van der Waals surface area contributed by atoms with Crippen LogP contribution in [0.3, 0.4) is 0 Å². The molecule has 4 heteroatoms. The molecule has 20 heavy (non-hydrogen) atoms. The Morgan fingerprint density at radius 3 is 2.75 bits per heavy atom. The van der Waals surface area contributed by atoms with Crippen LogP contribution >= 0.6 is 0 Å². The van der Waals surface area contributed by atoms with Gasteiger partial charge in [0.2, 0.25) is 5.91 Å². The Bertz CT molecular complexity index is 641. The van der Waals surface area contributed by atoms with Crippen molar-refractivity contribution in [3.8, 4) is 0 Å². The van der Waals surface area contributed by atoms with Gasteiger partial charge < -0.3 is 9.84 Å². The molecule has 0 saturated heterocycles. The van der Waals surface area contributed by atoms with Crippen LogP contribution in [0.1, 0.15) is 35.4 Å². The van der Waals surface area contributed by atoms with E-state index in [-0.39, 0.29) is 11.3 Å². The number of carbonyl (C=O) groups is 1. The highest BCUT2D eigenvalue weighted by molar-refractivity contribution is 5.91. The van der Waals surface area contributed by atoms with Crippen molar-refractivity contribution in [2.45, 2.75) is 38.6 Å². The zero-order valence-corrected chi connectivity index (χ0v) is 11.8. The van der Waals surface area contributed by atoms with Crippen molar-refractivity contribution < 1.29 is 9.32 Å². The number of hydrogen-bond donors (Lipinski definition) is 1. The molecule has 1 saturated carbocycles. The van der Waals surface area contributed by atoms with Crippen molar-refractivity contribution in [2.75, 3.05) is 0 Å². The standard InChI is InChI=1S/C16H18N2O2/c1-11-4-3-5-13(8-11)16(6-7-16)15(19)17-10-14-9-12(2)20-18-14/h3-5,8-9H,6-7,10H2,1-2H3,(H,17,19). The lowest BCUT2D eigenvalue weighted by Crippen LogP contribution is -2.34. The third-order valence-corrected chi connectivity index (χ3v) is 3.86. The van der Waals surface area contributed by atoms with Gasteiger partial charge in [-0.1, -0.05) is 35.0 Å². The van der Waals surface area contributed by atoms with E-state index in [1.807, 2.05) is 25.1 Å². The number of aryl methyl sites for hydroxylation is 2. The van der Waals surface area contributed by atoms with E-state index in [0.29, 0.717) is 6.54 Å². The largest absolute Gasteiger partial charge is 0.361 e. The van der Waals surface area contributed by atoms with E-state index in [1.165, 1.54) is 5.56 Å². The summed E-state index contributed by atoms with van der Waals surface area (Å²) in [7, 11) is 0. The molecule has 0 unspecified atom stereocenters. The summed E-state index contributed by atoms with van der Waals surface area (Å²) in [6.45, 7) is 4.31. The normalized spacial score (nSPS) is 15.9. The Hall–Kier alpha value is -2.10. The number of aromatic nitrogens is 1. The van der Waals surface area contributed by atoms with Crippen LogP contribution in [0.5, 0.6) is 0 Å². The number of hydrogen-bond acceptors (Lipinski definition) is 3. The maximum Gasteiger partial charge on any atom is 0.230 e. The Labute approximate surface area is 118 Å². The van der Waals surface area contributed by atoms with E-state index in [0.717, 1.165) is 29.9 Å². The van der Waals surface area contributed by atoms with Crippen LogP contribution in [-0.4, -0.2) is 11.1 Å². The summed E-state index contributed by atoms with van der Waals surface area (Å²) in [5, 5.41) is 6.86. The highest BCUT2D eigenvalue weighted by atomic mass is 16.5. The number of rotatable bonds is 4. The predicted molar refractivity (Wildman–Crippen MR) is 75.2 cm³/mol. The molecule has 0 atom stereocenters. The molecule has 104 valence electrons. The predicted octanol–water partition coefficient (Wildman–Crippen LogP) is 2.64. The average Bonchev–Trinajstić information content (AvgIpc) is 3.14. The summed E-state index contributed by atoms with van der Waals surface area (Å²) in [4.78, 5) is 12.4. The second-order valence-corrected chi connectivity index (χ2v) is 5.56. The fourth-order valence-corrected chi connectivity index (χ4v) is 2.56. The van der Waals surface area contributed by atoms with E-state index in [2.05, 4.69) is 29.5 Å². The van der Waals surface area contributed by atoms with Crippen molar-refractivity contribution in [3.63, 3.8) is 0 Å². The Balaban J connectivity index is 1.70. The lowest BCUT2D eigenvalue weighted by atomic mass is 9.93. The number of amides is 1. The second kappa shape index (κ2) is 4.78. The second-order valence-electron chi connectivity index (χ2n) is 5.56. The van der Waals surface area contributed by atoms with Crippen LogP contribution in [0.2, 0.25) is 0 Å². The van der Waals surface area contributed by atoms with Gasteiger partial charge in [0.15, 0.2) is 0 Å². The van der Waals surface area contributed by atoms with Crippen molar-refractivity contribution in [3.05, 3.63) is 52.9 Å². The molecule has 1 aromatic carbocycles. The Morgan fingerprint density at radius 1 is 1.35 bits per heavy atom. The molecule has 1 amide bonds. The lowest BCUT2D eigenvalue weighted by molar-refractivity contribution is -0.123. The van der Waals surface area contributed by atoms with Gasteiger partial charge in [-0.15, -0.1) is 0 Å². The molecule has 3 rings (SSSR count). The molecule has 4 nitrogen and oxygen atoms in total. The minimum atomic E-state index is -0.329. The molecule has 0 aliphatic heterocycles. The Kier molecular flexibility index (Phi) is 3.08. The molecule has 0 spiro atoms. The van der Waals surface area contributed by atoms with Gasteiger partial charge in [0, 0.05) is 6.07 Å². The van der Waals surface area contributed by atoms with Gasteiger partial charge in [0.05, 0.1) is 12.0 Å². The Morgan fingerprint density at radius 2 is 2.15 bits per heavy atom. The van der Waals surface area contributed by atoms with E-state index in [9.17, 15) is 4.79 Å². The van der Waals surface area contributed by atoms with Crippen molar-refractivity contribution in [1.82, 2.24) is 10.5 Å². The van der Waals surface area contributed by atoms with Gasteiger partial charge in [-0.3, -0.25) is 4.79 Å². The van der Waals surface area contributed by atoms with E-state index < -0.39 is 0 Å². The summed E-state index contributed by atoms with van der Waals surface area (Å²) in [6, 6.07) is 10.0. The first-order valence-corrected chi connectivity index (χ1v) is 6.88. The highest BCUT2D eigenvalue weighted by Crippen LogP contribution is 2.48. The molecule has 2 aromatic rings. The van der Waals surface area contributed by atoms with Crippen molar-refractivity contribution in [1.29, 1.82) is 0 Å². The molecule has 1 N–H and O–H groups in total. The van der Waals surface area contributed by atoms with Crippen LogP contribution in [0.4, 0.5) is 0 Å². The fraction of sp³-hybridized carbons (Fsp3) is 0.375. The van der Waals surface area contributed by atoms with Crippen LogP contribution in [0, 0.1) is 13.8 Å². The number of benzene rings is 1. The maximum atomic E-state index is 12.4. The minimum absolute atomic E-state index is 0.0868. The van der Waals surface area contributed by atoms with Crippen LogP contribution in [0.25, 0.3) is 0 Å². The summed E-state index contributed by atoms with van der Waals surface area (Å²) >= 11 is 0. The van der Waals surface area contributed by atoms with Crippen molar-refractivity contribution >= 4 is 5.91 Å². The fourth-order valence-electron chi connectivity index (χ4n) is 2.56. The first-order valence-electron chi connectivity index (χ1n) is 6.88. The summed E-state index contributed by atoms with van der Waals surface area (Å²) in [6.07, 6.45) is 1.83. The van der Waals surface area contributed by atoms with Crippen molar-refractivity contribution in [2.24, 2.45) is 0 Å². The van der Waals surface area contributed by atoms with Gasteiger partial charge >= 0.3 is 0 Å². The number of nitrogens with one attached hydrogen (secondary N) is 1. The van der Waals surface area contributed by atoms with Gasteiger partial charge in [-0.05, 0) is 32.3 Å². The summed E-state index contributed by atoms with van der Waals surface area (Å²) in [5.74, 6) is 0.845. The van der Waals surface area contributed by atoms with E-state index >= 15 is 0 Å². The van der Waals surface area contributed by atoms with E-state index in [1.54, 1.807) is 0 Å². The molecule has 1 fully saturated rings. The number of carbonyl (C=O) groups excluding carboxylic acids is 1. The highest BCUT2D eigenvalue weighted by Gasteiger charge is 2.51. The first-order chi connectivity index (χ1) is 9.60. The molecule has 1 heterocycles. The van der Waals surface area contributed by atoms with Gasteiger partial charge in [0.25, 0.3) is 0 Å².